The quantitative estimate of drug-likeness (QED) is 0.521. The number of halogens is 1. The number of amides is 1. The Balaban J connectivity index is 1.92. The van der Waals surface area contributed by atoms with Gasteiger partial charge in [0.05, 0.1) is 6.54 Å². The van der Waals surface area contributed by atoms with Gasteiger partial charge in [-0.3, -0.25) is 4.79 Å². The second-order valence-corrected chi connectivity index (χ2v) is 9.18. The highest BCUT2D eigenvalue weighted by Crippen LogP contribution is 2.20. The van der Waals surface area contributed by atoms with Crippen LogP contribution in [-0.4, -0.2) is 31.9 Å². The van der Waals surface area contributed by atoms with Crippen LogP contribution in [0.15, 0.2) is 45.9 Å². The Hall–Kier alpha value is -1.97. The number of carbonyl (C=O) groups is 1. The second kappa shape index (κ2) is 9.99. The minimum absolute atomic E-state index is 0.0143. The van der Waals surface area contributed by atoms with Gasteiger partial charge < -0.3 is 10.6 Å². The van der Waals surface area contributed by atoms with Crippen LogP contribution in [0.3, 0.4) is 0 Å². The molecule has 1 atom stereocenters. The molecule has 0 bridgehead atoms. The molecule has 0 fully saturated rings. The van der Waals surface area contributed by atoms with Gasteiger partial charge in [0.2, 0.25) is 15.9 Å². The number of benzene rings is 1. The number of nitrogens with one attached hydrogen (secondary N) is 3. The van der Waals surface area contributed by atoms with E-state index in [0.717, 1.165) is 28.6 Å². The van der Waals surface area contributed by atoms with Gasteiger partial charge >= 0.3 is 0 Å². The Labute approximate surface area is 174 Å². The number of hydrogen-bond donors (Lipinski definition) is 3. The molecular formula is C19H25BrN4O3S. The largest absolute Gasteiger partial charge is 0.361 e. The lowest BCUT2D eigenvalue weighted by Crippen LogP contribution is -2.32. The summed E-state index contributed by atoms with van der Waals surface area (Å²) in [7, 11) is -3.60. The lowest BCUT2D eigenvalue weighted by molar-refractivity contribution is -0.114. The van der Waals surface area contributed by atoms with E-state index in [4.69, 9.17) is 0 Å². The predicted molar refractivity (Wildman–Crippen MR) is 115 cm³/mol. The average Bonchev–Trinajstić information content (AvgIpc) is 2.62. The standard InChI is InChI=1S/C19H25BrN4O3S/c1-4-5-14(3)24-28(26,27)16-7-9-18(21-11-16)22-12-19(25)23-17-8-6-15(20)10-13(17)2/h6-11,14,24H,4-5,12H2,1-3H3,(H,21,22)(H,23,25). The molecule has 7 nitrogen and oxygen atoms in total. The summed E-state index contributed by atoms with van der Waals surface area (Å²) in [5, 5.41) is 5.71. The average molecular weight is 469 g/mol. The number of carbonyl (C=O) groups excluding carboxylic acids is 1. The number of anilines is 2. The molecule has 0 spiro atoms. The van der Waals surface area contributed by atoms with E-state index in [1.807, 2.05) is 39.0 Å². The van der Waals surface area contributed by atoms with Crippen molar-refractivity contribution in [3.8, 4) is 0 Å². The van der Waals surface area contributed by atoms with E-state index in [-0.39, 0.29) is 23.4 Å². The number of pyridine rings is 1. The van der Waals surface area contributed by atoms with Crippen molar-refractivity contribution in [2.24, 2.45) is 0 Å². The zero-order valence-corrected chi connectivity index (χ0v) is 18.5. The molecule has 1 unspecified atom stereocenters. The zero-order valence-electron chi connectivity index (χ0n) is 16.1. The highest BCUT2D eigenvalue weighted by atomic mass is 79.9. The molecule has 0 aliphatic rings. The van der Waals surface area contributed by atoms with Gasteiger partial charge in [0.25, 0.3) is 0 Å². The van der Waals surface area contributed by atoms with Gasteiger partial charge in [-0.25, -0.2) is 18.1 Å². The Morgan fingerprint density at radius 3 is 2.61 bits per heavy atom. The van der Waals surface area contributed by atoms with E-state index in [1.54, 1.807) is 0 Å². The second-order valence-electron chi connectivity index (χ2n) is 6.55. The van der Waals surface area contributed by atoms with Crippen molar-refractivity contribution in [3.63, 3.8) is 0 Å². The lowest BCUT2D eigenvalue weighted by Gasteiger charge is -2.13. The highest BCUT2D eigenvalue weighted by Gasteiger charge is 2.17. The molecule has 0 aliphatic heterocycles. The number of rotatable bonds is 9. The van der Waals surface area contributed by atoms with Gasteiger partial charge in [-0.1, -0.05) is 29.3 Å². The predicted octanol–water partition coefficient (Wildman–Crippen LogP) is 3.67. The van der Waals surface area contributed by atoms with Crippen molar-refractivity contribution >= 4 is 43.4 Å². The molecule has 152 valence electrons. The maximum Gasteiger partial charge on any atom is 0.243 e. The van der Waals surface area contributed by atoms with E-state index in [9.17, 15) is 13.2 Å². The van der Waals surface area contributed by atoms with Crippen LogP contribution >= 0.6 is 15.9 Å². The number of sulfonamides is 1. The number of nitrogens with zero attached hydrogens (tertiary/aromatic N) is 1. The van der Waals surface area contributed by atoms with Crippen LogP contribution in [0.2, 0.25) is 0 Å². The fourth-order valence-corrected chi connectivity index (χ4v) is 4.30. The first-order valence-corrected chi connectivity index (χ1v) is 11.3. The van der Waals surface area contributed by atoms with Crippen LogP contribution < -0.4 is 15.4 Å². The van der Waals surface area contributed by atoms with Crippen molar-refractivity contribution in [2.45, 2.75) is 44.6 Å². The molecule has 1 amide bonds. The Morgan fingerprint density at radius 2 is 2.00 bits per heavy atom. The highest BCUT2D eigenvalue weighted by molar-refractivity contribution is 9.10. The van der Waals surface area contributed by atoms with Crippen LogP contribution in [0.4, 0.5) is 11.5 Å². The van der Waals surface area contributed by atoms with Crippen LogP contribution in [0.1, 0.15) is 32.3 Å². The summed E-state index contributed by atoms with van der Waals surface area (Å²) in [5.41, 5.74) is 1.68. The van der Waals surface area contributed by atoms with Gasteiger partial charge in [0.15, 0.2) is 0 Å². The third-order valence-corrected chi connectivity index (χ3v) is 6.09. The molecule has 9 heteroatoms. The van der Waals surface area contributed by atoms with E-state index < -0.39 is 10.0 Å². The Kier molecular flexibility index (Phi) is 7.97. The molecular weight excluding hydrogens is 444 g/mol. The molecule has 0 saturated heterocycles. The first-order chi connectivity index (χ1) is 13.2. The molecule has 0 saturated carbocycles. The number of aromatic nitrogens is 1. The SMILES string of the molecule is CCCC(C)NS(=O)(=O)c1ccc(NCC(=O)Nc2ccc(Br)cc2C)nc1. The summed E-state index contributed by atoms with van der Waals surface area (Å²) >= 11 is 3.38. The van der Waals surface area contributed by atoms with E-state index in [0.29, 0.717) is 5.82 Å². The monoisotopic (exact) mass is 468 g/mol. The lowest BCUT2D eigenvalue weighted by atomic mass is 10.2. The molecule has 3 N–H and O–H groups in total. The molecule has 1 aromatic heterocycles. The third kappa shape index (κ3) is 6.57. The topological polar surface area (TPSA) is 100 Å². The molecule has 1 aromatic carbocycles. The first kappa shape index (κ1) is 22.3. The van der Waals surface area contributed by atoms with Gasteiger partial charge in [-0.05, 0) is 56.2 Å². The van der Waals surface area contributed by atoms with Gasteiger partial charge in [0.1, 0.15) is 10.7 Å². The summed E-state index contributed by atoms with van der Waals surface area (Å²) in [5.74, 6) is 0.196. The van der Waals surface area contributed by atoms with E-state index >= 15 is 0 Å². The van der Waals surface area contributed by atoms with Crippen LogP contribution in [-0.2, 0) is 14.8 Å². The third-order valence-electron chi connectivity index (χ3n) is 4.02. The fraction of sp³-hybridized carbons (Fsp3) is 0.368. The van der Waals surface area contributed by atoms with Crippen molar-refractivity contribution < 1.29 is 13.2 Å². The summed E-state index contributed by atoms with van der Waals surface area (Å²) in [6, 6.07) is 8.45. The zero-order chi connectivity index (χ0) is 20.7. The minimum Gasteiger partial charge on any atom is -0.361 e. The van der Waals surface area contributed by atoms with Crippen LogP contribution in [0, 0.1) is 6.92 Å². The van der Waals surface area contributed by atoms with Gasteiger partial charge in [0, 0.05) is 22.4 Å². The molecule has 2 aromatic rings. The molecule has 0 aliphatic carbocycles. The Morgan fingerprint density at radius 1 is 1.25 bits per heavy atom. The maximum absolute atomic E-state index is 12.3. The van der Waals surface area contributed by atoms with Crippen molar-refractivity contribution in [2.75, 3.05) is 17.2 Å². The summed E-state index contributed by atoms with van der Waals surface area (Å²) in [6.45, 7) is 5.75. The van der Waals surface area contributed by atoms with Crippen LogP contribution in [0.5, 0.6) is 0 Å². The summed E-state index contributed by atoms with van der Waals surface area (Å²) in [4.78, 5) is 16.3. The van der Waals surface area contributed by atoms with E-state index in [1.165, 1.54) is 18.3 Å². The number of hydrogen-bond acceptors (Lipinski definition) is 5. The Bertz CT molecular complexity index is 917. The summed E-state index contributed by atoms with van der Waals surface area (Å²) in [6.07, 6.45) is 2.94. The van der Waals surface area contributed by atoms with Crippen LogP contribution in [0.25, 0.3) is 0 Å². The number of aryl methyl sites for hydroxylation is 1. The van der Waals surface area contributed by atoms with E-state index in [2.05, 4.69) is 36.3 Å². The van der Waals surface area contributed by atoms with Crippen molar-refractivity contribution in [3.05, 3.63) is 46.6 Å². The maximum atomic E-state index is 12.3. The molecule has 0 radical (unpaired) electrons. The van der Waals surface area contributed by atoms with Crippen molar-refractivity contribution in [1.29, 1.82) is 0 Å². The molecule has 28 heavy (non-hydrogen) atoms. The smallest absolute Gasteiger partial charge is 0.243 e. The van der Waals surface area contributed by atoms with Gasteiger partial charge in [-0.2, -0.15) is 0 Å². The molecule has 1 heterocycles. The fourth-order valence-electron chi connectivity index (χ4n) is 2.60. The van der Waals surface area contributed by atoms with Gasteiger partial charge in [-0.15, -0.1) is 0 Å². The molecule has 2 rings (SSSR count). The summed E-state index contributed by atoms with van der Waals surface area (Å²) < 4.78 is 28.2. The van der Waals surface area contributed by atoms with Crippen molar-refractivity contribution in [1.82, 2.24) is 9.71 Å². The normalized spacial score (nSPS) is 12.4. The minimum atomic E-state index is -3.60. The first-order valence-electron chi connectivity index (χ1n) is 8.99.